The van der Waals surface area contributed by atoms with Gasteiger partial charge in [0.1, 0.15) is 0 Å². The summed E-state index contributed by atoms with van der Waals surface area (Å²) in [4.78, 5) is 18.1. The molecule has 0 aromatic heterocycles. The second-order valence-corrected chi connectivity index (χ2v) is 10.3. The maximum atomic E-state index is 12.0. The Kier molecular flexibility index (Phi) is 5.03. The lowest BCUT2D eigenvalue weighted by molar-refractivity contribution is -0.117. The monoisotopic (exact) mass is 464 g/mol. The third-order valence-electron chi connectivity index (χ3n) is 3.84. The van der Waals surface area contributed by atoms with Crippen molar-refractivity contribution in [3.8, 4) is 0 Å². The standard InChI is InChI=1S/C15H17IN2O3S2/c1-2-4-14(19)17-15-18(11-6-3-5-10(16)7-11)12-8-23(20,21)9-13(12)22-15/h3,5-7,12-13H,2,4,8-9H2,1H3/t12-,13+/m1/s1. The number of anilines is 1. The number of hydrogen-bond donors (Lipinski definition) is 0. The number of carbonyl (C=O) groups is 1. The van der Waals surface area contributed by atoms with Gasteiger partial charge < -0.3 is 4.90 Å². The van der Waals surface area contributed by atoms with Crippen molar-refractivity contribution in [2.75, 3.05) is 16.4 Å². The summed E-state index contributed by atoms with van der Waals surface area (Å²) in [5, 5.41) is 0.585. The van der Waals surface area contributed by atoms with E-state index in [0.29, 0.717) is 11.6 Å². The zero-order valence-corrected chi connectivity index (χ0v) is 16.4. The molecule has 5 nitrogen and oxygen atoms in total. The van der Waals surface area contributed by atoms with Crippen LogP contribution in [-0.2, 0) is 14.6 Å². The molecule has 23 heavy (non-hydrogen) atoms. The van der Waals surface area contributed by atoms with Gasteiger partial charge in [-0.25, -0.2) is 8.42 Å². The molecule has 2 fully saturated rings. The smallest absolute Gasteiger partial charge is 0.248 e. The lowest BCUT2D eigenvalue weighted by Gasteiger charge is -2.24. The van der Waals surface area contributed by atoms with E-state index in [2.05, 4.69) is 27.6 Å². The number of amidine groups is 1. The van der Waals surface area contributed by atoms with Gasteiger partial charge in [0.15, 0.2) is 15.0 Å². The molecule has 1 amide bonds. The Morgan fingerprint density at radius 3 is 2.91 bits per heavy atom. The van der Waals surface area contributed by atoms with Crippen molar-refractivity contribution >= 4 is 61.0 Å². The van der Waals surface area contributed by atoms with E-state index in [-0.39, 0.29) is 28.7 Å². The fourth-order valence-corrected chi connectivity index (χ4v) is 7.33. The van der Waals surface area contributed by atoms with Crippen LogP contribution in [0.2, 0.25) is 0 Å². The highest BCUT2D eigenvalue weighted by Crippen LogP contribution is 2.41. The van der Waals surface area contributed by atoms with Crippen molar-refractivity contribution in [1.29, 1.82) is 0 Å². The first-order valence-corrected chi connectivity index (χ1v) is 11.2. The fourth-order valence-electron chi connectivity index (χ4n) is 2.87. The SMILES string of the molecule is CCCC(=O)N=C1S[C@H]2CS(=O)(=O)C[C@H]2N1c1cccc(I)c1. The third kappa shape index (κ3) is 3.74. The predicted octanol–water partition coefficient (Wildman–Crippen LogP) is 2.69. The fraction of sp³-hybridized carbons (Fsp3) is 0.467. The quantitative estimate of drug-likeness (QED) is 0.644. The van der Waals surface area contributed by atoms with Crippen LogP contribution in [-0.4, -0.2) is 42.3 Å². The summed E-state index contributed by atoms with van der Waals surface area (Å²) in [5.74, 6) is 0.134. The van der Waals surface area contributed by atoms with Gasteiger partial charge in [-0.3, -0.25) is 4.79 Å². The molecule has 0 saturated carbocycles. The van der Waals surface area contributed by atoms with E-state index in [1.54, 1.807) is 0 Å². The van der Waals surface area contributed by atoms with Crippen LogP contribution >= 0.6 is 34.4 Å². The van der Waals surface area contributed by atoms with Crippen molar-refractivity contribution in [3.05, 3.63) is 27.8 Å². The number of halogens is 1. The van der Waals surface area contributed by atoms with Gasteiger partial charge in [0, 0.05) is 20.9 Å². The van der Waals surface area contributed by atoms with Crippen molar-refractivity contribution in [2.24, 2.45) is 4.99 Å². The number of aliphatic imine (C=N–C) groups is 1. The summed E-state index contributed by atoms with van der Waals surface area (Å²) in [6, 6.07) is 7.71. The molecule has 0 spiro atoms. The van der Waals surface area contributed by atoms with Crippen LogP contribution < -0.4 is 4.90 Å². The van der Waals surface area contributed by atoms with Crippen LogP contribution in [0.15, 0.2) is 29.3 Å². The Morgan fingerprint density at radius 2 is 2.22 bits per heavy atom. The third-order valence-corrected chi connectivity index (χ3v) is 7.72. The molecule has 1 aromatic rings. The minimum absolute atomic E-state index is 0.0500. The number of sulfone groups is 1. The molecular weight excluding hydrogens is 447 g/mol. The summed E-state index contributed by atoms with van der Waals surface area (Å²) in [7, 11) is -3.02. The Hall–Kier alpha value is -0.610. The molecule has 0 radical (unpaired) electrons. The Bertz CT molecular complexity index is 764. The highest BCUT2D eigenvalue weighted by Gasteiger charge is 2.49. The molecular formula is C15H17IN2O3S2. The zero-order valence-electron chi connectivity index (χ0n) is 12.6. The van der Waals surface area contributed by atoms with Crippen molar-refractivity contribution in [3.63, 3.8) is 0 Å². The predicted molar refractivity (Wildman–Crippen MR) is 103 cm³/mol. The minimum Gasteiger partial charge on any atom is -0.316 e. The van der Waals surface area contributed by atoms with Gasteiger partial charge in [-0.15, -0.1) is 0 Å². The molecule has 0 bridgehead atoms. The topological polar surface area (TPSA) is 66.8 Å². The van der Waals surface area contributed by atoms with E-state index in [1.165, 1.54) is 11.8 Å². The second kappa shape index (κ2) is 6.72. The number of thioether (sulfide) groups is 1. The van der Waals surface area contributed by atoms with Gasteiger partial charge in [-0.1, -0.05) is 24.8 Å². The highest BCUT2D eigenvalue weighted by atomic mass is 127. The van der Waals surface area contributed by atoms with Gasteiger partial charge in [-0.05, 0) is 47.2 Å². The maximum absolute atomic E-state index is 12.0. The van der Waals surface area contributed by atoms with Crippen molar-refractivity contribution in [2.45, 2.75) is 31.1 Å². The van der Waals surface area contributed by atoms with E-state index in [4.69, 9.17) is 0 Å². The van der Waals surface area contributed by atoms with Gasteiger partial charge in [-0.2, -0.15) is 4.99 Å². The van der Waals surface area contributed by atoms with Gasteiger partial charge in [0.05, 0.1) is 17.5 Å². The van der Waals surface area contributed by atoms with Gasteiger partial charge in [0.2, 0.25) is 5.91 Å². The van der Waals surface area contributed by atoms with Crippen LogP contribution in [0.4, 0.5) is 5.69 Å². The first-order valence-electron chi connectivity index (χ1n) is 7.43. The number of rotatable bonds is 3. The molecule has 2 aliphatic rings. The van der Waals surface area contributed by atoms with Crippen LogP contribution in [0.5, 0.6) is 0 Å². The largest absolute Gasteiger partial charge is 0.316 e. The lowest BCUT2D eigenvalue weighted by atomic mass is 10.2. The molecule has 124 valence electrons. The Balaban J connectivity index is 1.99. The van der Waals surface area contributed by atoms with Gasteiger partial charge >= 0.3 is 0 Å². The number of benzene rings is 1. The number of fused-ring (bicyclic) bond motifs is 1. The summed E-state index contributed by atoms with van der Waals surface area (Å²) in [6.45, 7) is 1.94. The Morgan fingerprint density at radius 1 is 1.43 bits per heavy atom. The van der Waals surface area contributed by atoms with Crippen LogP contribution in [0.25, 0.3) is 0 Å². The summed E-state index contributed by atoms with van der Waals surface area (Å²) < 4.78 is 25.0. The van der Waals surface area contributed by atoms with E-state index in [1.807, 2.05) is 36.1 Å². The molecule has 0 unspecified atom stereocenters. The molecule has 8 heteroatoms. The average molecular weight is 464 g/mol. The van der Waals surface area contributed by atoms with Crippen LogP contribution in [0.3, 0.4) is 0 Å². The number of amides is 1. The minimum atomic E-state index is -3.02. The molecule has 2 heterocycles. The van der Waals surface area contributed by atoms with Crippen molar-refractivity contribution in [1.82, 2.24) is 0 Å². The molecule has 2 saturated heterocycles. The summed E-state index contributed by atoms with van der Waals surface area (Å²) >= 11 is 3.65. The first kappa shape index (κ1) is 17.2. The highest BCUT2D eigenvalue weighted by molar-refractivity contribution is 14.1. The average Bonchev–Trinajstić information content (AvgIpc) is 2.89. The first-order chi connectivity index (χ1) is 10.9. The molecule has 0 aliphatic carbocycles. The zero-order chi connectivity index (χ0) is 16.6. The maximum Gasteiger partial charge on any atom is 0.248 e. The summed E-state index contributed by atoms with van der Waals surface area (Å²) in [6.07, 6.45) is 1.17. The lowest BCUT2D eigenvalue weighted by Crippen LogP contribution is -2.37. The van der Waals surface area contributed by atoms with Crippen LogP contribution in [0, 0.1) is 3.57 Å². The van der Waals surface area contributed by atoms with E-state index in [0.717, 1.165) is 15.7 Å². The van der Waals surface area contributed by atoms with E-state index in [9.17, 15) is 13.2 Å². The normalized spacial score (nSPS) is 27.4. The van der Waals surface area contributed by atoms with Crippen LogP contribution in [0.1, 0.15) is 19.8 Å². The summed E-state index contributed by atoms with van der Waals surface area (Å²) in [5.41, 5.74) is 0.900. The molecule has 1 aromatic carbocycles. The Labute approximate surface area is 154 Å². The molecule has 3 rings (SSSR count). The molecule has 0 N–H and O–H groups in total. The van der Waals surface area contributed by atoms with E-state index >= 15 is 0 Å². The molecule has 2 aliphatic heterocycles. The van der Waals surface area contributed by atoms with E-state index < -0.39 is 9.84 Å². The second-order valence-electron chi connectivity index (χ2n) is 5.69. The molecule has 2 atom stereocenters. The van der Waals surface area contributed by atoms with Crippen molar-refractivity contribution < 1.29 is 13.2 Å². The number of carbonyl (C=O) groups excluding carboxylic acids is 1. The number of hydrogen-bond acceptors (Lipinski definition) is 4. The number of nitrogens with zero attached hydrogens (tertiary/aromatic N) is 2. The van der Waals surface area contributed by atoms with Gasteiger partial charge in [0.25, 0.3) is 0 Å².